The van der Waals surface area contributed by atoms with Crippen LogP contribution in [0.2, 0.25) is 0 Å². The Morgan fingerprint density at radius 2 is 1.10 bits per heavy atom. The summed E-state index contributed by atoms with van der Waals surface area (Å²) in [6.07, 6.45) is 22.4. The first-order valence-corrected chi connectivity index (χ1v) is 19.8. The van der Waals surface area contributed by atoms with E-state index in [4.69, 9.17) is 4.74 Å². The standard InChI is InChI=1S/C41H72N2O6/c1-6-8-10-12-14-16-18-20-22-26-32-42(33-27-23-21-19-17-15-13-11-9-7-2)41(40(47)48,31-30-38(44)45)39(46)36-28-24-25-29-37(36)49-35-34-43(3,4)5/h24-25,28-29H,6-23,26-27,30-35H2,1-5H3,(H-,44,45,47,48)/p+1/t41-/m1/s1. The van der Waals surface area contributed by atoms with Gasteiger partial charge in [0.1, 0.15) is 18.9 Å². The number of carbonyl (C=O) groups is 3. The molecule has 8 nitrogen and oxygen atoms in total. The van der Waals surface area contributed by atoms with E-state index in [0.717, 1.165) is 51.4 Å². The third kappa shape index (κ3) is 18.9. The van der Waals surface area contributed by atoms with Gasteiger partial charge < -0.3 is 19.4 Å². The normalized spacial score (nSPS) is 13.0. The molecule has 0 fully saturated rings. The predicted molar refractivity (Wildman–Crippen MR) is 202 cm³/mol. The van der Waals surface area contributed by atoms with Gasteiger partial charge in [-0.3, -0.25) is 14.5 Å². The molecule has 0 unspecified atom stereocenters. The van der Waals surface area contributed by atoms with Gasteiger partial charge in [0.05, 0.1) is 26.7 Å². The van der Waals surface area contributed by atoms with Crippen LogP contribution in [0.4, 0.5) is 0 Å². The van der Waals surface area contributed by atoms with Gasteiger partial charge in [-0.05, 0) is 44.5 Å². The quantitative estimate of drug-likeness (QED) is 0.0328. The molecule has 1 aromatic carbocycles. The van der Waals surface area contributed by atoms with Gasteiger partial charge in [0.2, 0.25) is 0 Å². The molecule has 0 heterocycles. The Balaban J connectivity index is 3.17. The van der Waals surface area contributed by atoms with Gasteiger partial charge in [-0.25, -0.2) is 4.79 Å². The lowest BCUT2D eigenvalue weighted by Gasteiger charge is -2.40. The second-order valence-electron chi connectivity index (χ2n) is 15.1. The van der Waals surface area contributed by atoms with E-state index < -0.39 is 29.7 Å². The SMILES string of the molecule is CCCCCCCCCCCCN(CCCCCCCCCCCC)[C@@](CCC(=O)O)(C(=O)O)C(=O)c1ccccc1OCC[N+](C)(C)C. The largest absolute Gasteiger partial charge is 0.487 e. The highest BCUT2D eigenvalue weighted by molar-refractivity contribution is 6.17. The lowest BCUT2D eigenvalue weighted by atomic mass is 9.82. The zero-order valence-corrected chi connectivity index (χ0v) is 32.1. The van der Waals surface area contributed by atoms with Crippen molar-refractivity contribution in [1.29, 1.82) is 0 Å². The molecular formula is C41H73N2O6+. The molecule has 2 N–H and O–H groups in total. The first kappa shape index (κ1) is 44.6. The molecule has 8 heteroatoms. The number of hydrogen-bond acceptors (Lipinski definition) is 5. The van der Waals surface area contributed by atoms with Crippen molar-refractivity contribution >= 4 is 17.7 Å². The van der Waals surface area contributed by atoms with Crippen LogP contribution in [-0.2, 0) is 9.59 Å². The van der Waals surface area contributed by atoms with E-state index in [1.165, 1.54) is 77.0 Å². The molecule has 1 atom stereocenters. The van der Waals surface area contributed by atoms with Gasteiger partial charge in [-0.1, -0.05) is 142 Å². The molecule has 1 aromatic rings. The molecular weight excluding hydrogens is 616 g/mol. The highest BCUT2D eigenvalue weighted by Gasteiger charge is 2.51. The summed E-state index contributed by atoms with van der Waals surface area (Å²) in [4.78, 5) is 41.7. The minimum absolute atomic E-state index is 0.202. The second-order valence-corrected chi connectivity index (χ2v) is 15.1. The average Bonchev–Trinajstić information content (AvgIpc) is 3.05. The minimum atomic E-state index is -1.99. The number of unbranched alkanes of at least 4 members (excludes halogenated alkanes) is 18. The van der Waals surface area contributed by atoms with E-state index in [9.17, 15) is 24.6 Å². The van der Waals surface area contributed by atoms with Crippen molar-refractivity contribution in [2.45, 2.75) is 161 Å². The second kappa shape index (κ2) is 26.4. The predicted octanol–water partition coefficient (Wildman–Crippen LogP) is 9.79. The summed E-state index contributed by atoms with van der Waals surface area (Å²) >= 11 is 0. The Bertz CT molecular complexity index is 1020. The zero-order valence-electron chi connectivity index (χ0n) is 32.1. The Kier molecular flexibility index (Phi) is 24.0. The molecule has 0 aliphatic heterocycles. The number of carbonyl (C=O) groups excluding carboxylic acids is 1. The van der Waals surface area contributed by atoms with E-state index in [-0.39, 0.29) is 12.0 Å². The van der Waals surface area contributed by atoms with Crippen molar-refractivity contribution in [1.82, 2.24) is 4.90 Å². The first-order chi connectivity index (χ1) is 23.5. The number of nitrogens with zero attached hydrogens (tertiary/aromatic N) is 2. The van der Waals surface area contributed by atoms with E-state index in [2.05, 4.69) is 35.0 Å². The summed E-state index contributed by atoms with van der Waals surface area (Å²) in [6.45, 7) is 6.41. The Morgan fingerprint density at radius 3 is 1.51 bits per heavy atom. The fraction of sp³-hybridized carbons (Fsp3) is 0.780. The van der Waals surface area contributed by atoms with Crippen molar-refractivity contribution in [3.63, 3.8) is 0 Å². The fourth-order valence-electron chi connectivity index (χ4n) is 6.55. The molecule has 0 amide bonds. The summed E-state index contributed by atoms with van der Waals surface area (Å²) in [7, 11) is 6.17. The Hall–Kier alpha value is -2.45. The van der Waals surface area contributed by atoms with Crippen LogP contribution in [-0.4, -0.2) is 90.2 Å². The maximum Gasteiger partial charge on any atom is 0.332 e. The number of hydrogen-bond donors (Lipinski definition) is 2. The Labute approximate surface area is 299 Å². The first-order valence-electron chi connectivity index (χ1n) is 19.8. The lowest BCUT2D eigenvalue weighted by Crippen LogP contribution is -2.61. The number of carboxylic acids is 2. The number of carboxylic acid groups (broad SMARTS) is 2. The summed E-state index contributed by atoms with van der Waals surface area (Å²) in [5.41, 5.74) is -1.79. The number of ketones is 1. The van der Waals surface area contributed by atoms with Crippen LogP contribution in [0.5, 0.6) is 5.75 Å². The molecule has 282 valence electrons. The van der Waals surface area contributed by atoms with Crippen molar-refractivity contribution < 1.29 is 33.8 Å². The summed E-state index contributed by atoms with van der Waals surface area (Å²) in [5, 5.41) is 20.7. The topological polar surface area (TPSA) is 104 Å². The molecule has 0 aliphatic rings. The number of ether oxygens (including phenoxy) is 1. The third-order valence-electron chi connectivity index (χ3n) is 9.68. The van der Waals surface area contributed by atoms with Crippen LogP contribution in [0.1, 0.15) is 165 Å². The van der Waals surface area contributed by atoms with Crippen molar-refractivity contribution in [2.75, 3.05) is 47.4 Å². The van der Waals surface area contributed by atoms with Gasteiger partial charge >= 0.3 is 11.9 Å². The molecule has 0 saturated carbocycles. The maximum atomic E-state index is 14.6. The fourth-order valence-corrected chi connectivity index (χ4v) is 6.55. The highest BCUT2D eigenvalue weighted by Crippen LogP contribution is 2.33. The van der Waals surface area contributed by atoms with Crippen molar-refractivity contribution in [2.24, 2.45) is 0 Å². The molecule has 0 aliphatic carbocycles. The summed E-state index contributed by atoms with van der Waals surface area (Å²) in [5.74, 6) is -2.62. The van der Waals surface area contributed by atoms with Crippen LogP contribution in [0.3, 0.4) is 0 Å². The smallest absolute Gasteiger partial charge is 0.332 e. The molecule has 0 bridgehead atoms. The van der Waals surface area contributed by atoms with Crippen LogP contribution in [0, 0.1) is 0 Å². The number of likely N-dealkylation sites (N-methyl/N-ethyl adjacent to an activating group) is 1. The number of rotatable bonds is 33. The van der Waals surface area contributed by atoms with Crippen molar-refractivity contribution in [3.05, 3.63) is 29.8 Å². The number of para-hydroxylation sites is 1. The number of quaternary nitrogens is 1. The van der Waals surface area contributed by atoms with Gasteiger partial charge in [-0.2, -0.15) is 0 Å². The molecule has 49 heavy (non-hydrogen) atoms. The van der Waals surface area contributed by atoms with Gasteiger partial charge in [-0.15, -0.1) is 0 Å². The monoisotopic (exact) mass is 690 g/mol. The summed E-state index contributed by atoms with van der Waals surface area (Å²) in [6, 6.07) is 6.84. The van der Waals surface area contributed by atoms with Crippen LogP contribution in [0.15, 0.2) is 24.3 Å². The molecule has 0 spiro atoms. The number of aliphatic carboxylic acids is 2. The van der Waals surface area contributed by atoms with E-state index in [1.54, 1.807) is 24.3 Å². The number of benzene rings is 1. The van der Waals surface area contributed by atoms with Gasteiger partial charge in [0, 0.05) is 6.42 Å². The number of Topliss-reactive ketones (excluding diaryl/α,β-unsaturated/α-hetero) is 1. The van der Waals surface area contributed by atoms with Gasteiger partial charge in [0.15, 0.2) is 11.3 Å². The molecule has 0 radical (unpaired) electrons. The summed E-state index contributed by atoms with van der Waals surface area (Å²) < 4.78 is 6.76. The molecule has 0 aromatic heterocycles. The average molecular weight is 690 g/mol. The van der Waals surface area contributed by atoms with E-state index in [0.29, 0.717) is 36.5 Å². The van der Waals surface area contributed by atoms with Crippen LogP contribution >= 0.6 is 0 Å². The molecule has 1 rings (SSSR count). The highest BCUT2D eigenvalue weighted by atomic mass is 16.5. The minimum Gasteiger partial charge on any atom is -0.487 e. The van der Waals surface area contributed by atoms with Crippen LogP contribution < -0.4 is 4.74 Å². The lowest BCUT2D eigenvalue weighted by molar-refractivity contribution is -0.870. The molecule has 0 saturated heterocycles. The van der Waals surface area contributed by atoms with Gasteiger partial charge in [0.25, 0.3) is 0 Å². The van der Waals surface area contributed by atoms with E-state index >= 15 is 0 Å². The van der Waals surface area contributed by atoms with E-state index in [1.807, 2.05) is 4.90 Å². The zero-order chi connectivity index (χ0) is 36.4. The third-order valence-corrected chi connectivity index (χ3v) is 9.68. The maximum absolute atomic E-state index is 14.6. The van der Waals surface area contributed by atoms with Crippen LogP contribution in [0.25, 0.3) is 0 Å². The Morgan fingerprint density at radius 1 is 0.673 bits per heavy atom. The van der Waals surface area contributed by atoms with Crippen molar-refractivity contribution in [3.8, 4) is 5.75 Å².